The normalized spacial score (nSPS) is 17.3. The van der Waals surface area contributed by atoms with Crippen LogP contribution in [0, 0.1) is 12.7 Å². The Kier molecular flexibility index (Phi) is 6.37. The van der Waals surface area contributed by atoms with E-state index in [2.05, 4.69) is 55.3 Å². The first kappa shape index (κ1) is 24.5. The second kappa shape index (κ2) is 9.36. The van der Waals surface area contributed by atoms with Crippen molar-refractivity contribution >= 4 is 17.4 Å². The number of nitrogens with one attached hydrogen (secondary N) is 1. The zero-order valence-electron chi connectivity index (χ0n) is 21.8. The zero-order valence-corrected chi connectivity index (χ0v) is 21.8. The number of piperidine rings is 1. The molecule has 5 heteroatoms. The van der Waals surface area contributed by atoms with Crippen LogP contribution in [0.2, 0.25) is 0 Å². The number of carbonyl (C=O) groups is 1. The van der Waals surface area contributed by atoms with E-state index >= 15 is 0 Å². The lowest BCUT2D eigenvalue weighted by molar-refractivity contribution is 0.160. The average Bonchev–Trinajstić information content (AvgIpc) is 3.14. The lowest BCUT2D eigenvalue weighted by Gasteiger charge is -2.40. The summed E-state index contributed by atoms with van der Waals surface area (Å²) in [4.78, 5) is 17.6. The molecule has 3 aromatic rings. The van der Waals surface area contributed by atoms with Crippen LogP contribution in [-0.2, 0) is 17.4 Å². The van der Waals surface area contributed by atoms with Crippen molar-refractivity contribution in [2.45, 2.75) is 57.9 Å². The van der Waals surface area contributed by atoms with Crippen molar-refractivity contribution in [3.05, 3.63) is 94.8 Å². The number of carbonyl (C=O) groups excluding carboxylic acids is 1. The summed E-state index contributed by atoms with van der Waals surface area (Å²) in [6, 6.07) is 21.5. The molecule has 4 nitrogen and oxygen atoms in total. The lowest BCUT2D eigenvalue weighted by Crippen LogP contribution is -2.46. The fourth-order valence-electron chi connectivity index (χ4n) is 5.67. The first-order chi connectivity index (χ1) is 17.1. The first-order valence-electron chi connectivity index (χ1n) is 12.9. The Hall–Kier alpha value is -3.18. The Morgan fingerprint density at radius 1 is 1.00 bits per heavy atom. The molecule has 188 valence electrons. The van der Waals surface area contributed by atoms with E-state index in [0.717, 1.165) is 55.0 Å². The van der Waals surface area contributed by atoms with Gasteiger partial charge in [0.05, 0.1) is 0 Å². The van der Waals surface area contributed by atoms with Gasteiger partial charge in [0, 0.05) is 29.9 Å². The molecule has 2 aliphatic heterocycles. The number of hydrogen-bond acceptors (Lipinski definition) is 2. The highest BCUT2D eigenvalue weighted by Gasteiger charge is 2.46. The molecular weight excluding hydrogens is 449 g/mol. The maximum absolute atomic E-state index is 14.4. The van der Waals surface area contributed by atoms with E-state index in [-0.39, 0.29) is 22.7 Å². The summed E-state index contributed by atoms with van der Waals surface area (Å²) in [5.41, 5.74) is 6.26. The third-order valence-electron chi connectivity index (χ3n) is 7.84. The van der Waals surface area contributed by atoms with Crippen molar-refractivity contribution in [1.29, 1.82) is 0 Å². The van der Waals surface area contributed by atoms with Crippen LogP contribution in [0.5, 0.6) is 0 Å². The van der Waals surface area contributed by atoms with Gasteiger partial charge in [-0.25, -0.2) is 9.18 Å². The van der Waals surface area contributed by atoms with Crippen molar-refractivity contribution in [1.82, 2.24) is 4.90 Å². The number of benzene rings is 3. The van der Waals surface area contributed by atoms with Gasteiger partial charge in [0.15, 0.2) is 0 Å². The van der Waals surface area contributed by atoms with E-state index in [0.29, 0.717) is 6.54 Å². The monoisotopic (exact) mass is 485 g/mol. The number of likely N-dealkylation sites (tertiary alicyclic amines) is 1. The van der Waals surface area contributed by atoms with Crippen molar-refractivity contribution in [3.8, 4) is 0 Å². The van der Waals surface area contributed by atoms with Gasteiger partial charge in [-0.15, -0.1) is 0 Å². The molecule has 0 aromatic heterocycles. The van der Waals surface area contributed by atoms with E-state index < -0.39 is 0 Å². The van der Waals surface area contributed by atoms with Gasteiger partial charge in [0.25, 0.3) is 0 Å². The second-order valence-electron chi connectivity index (χ2n) is 11.6. The summed E-state index contributed by atoms with van der Waals surface area (Å²) >= 11 is 0. The molecule has 3 aromatic carbocycles. The fraction of sp³-hybridized carbons (Fsp3) is 0.387. The number of aryl methyl sites for hydroxylation is 1. The standard InChI is InChI=1S/C31H36FN3O/c1-22-6-5-7-26(18-22)33-29(36)35-21-31(27-19-25(32)12-13-28(27)35)14-16-34(17-15-31)20-23-8-10-24(11-9-23)30(2,3)4/h5-13,18-19H,14-17,20-21H2,1-4H3,(H,33,36). The molecule has 0 atom stereocenters. The summed E-state index contributed by atoms with van der Waals surface area (Å²) in [6.07, 6.45) is 1.80. The Morgan fingerprint density at radius 2 is 1.72 bits per heavy atom. The van der Waals surface area contributed by atoms with Crippen LogP contribution < -0.4 is 10.2 Å². The van der Waals surface area contributed by atoms with Crippen LogP contribution in [-0.4, -0.2) is 30.6 Å². The van der Waals surface area contributed by atoms with Crippen LogP contribution >= 0.6 is 0 Å². The third kappa shape index (κ3) is 4.90. The Balaban J connectivity index is 1.30. The highest BCUT2D eigenvalue weighted by Crippen LogP contribution is 2.47. The summed E-state index contributed by atoms with van der Waals surface area (Å²) < 4.78 is 14.4. The topological polar surface area (TPSA) is 35.6 Å². The molecule has 1 fully saturated rings. The van der Waals surface area contributed by atoms with Crippen molar-refractivity contribution in [3.63, 3.8) is 0 Å². The molecule has 2 amide bonds. The zero-order chi connectivity index (χ0) is 25.5. The number of fused-ring (bicyclic) bond motifs is 2. The molecule has 5 rings (SSSR count). The first-order valence-corrected chi connectivity index (χ1v) is 12.9. The maximum atomic E-state index is 14.4. The molecule has 1 saturated heterocycles. The molecule has 0 aliphatic carbocycles. The van der Waals surface area contributed by atoms with Gasteiger partial charge in [-0.1, -0.05) is 57.2 Å². The smallest absolute Gasteiger partial charge is 0.308 e. The Bertz CT molecular complexity index is 1250. The predicted molar refractivity (Wildman–Crippen MR) is 145 cm³/mol. The second-order valence-corrected chi connectivity index (χ2v) is 11.6. The minimum Gasteiger partial charge on any atom is -0.308 e. The third-order valence-corrected chi connectivity index (χ3v) is 7.84. The molecule has 0 radical (unpaired) electrons. The highest BCUT2D eigenvalue weighted by atomic mass is 19.1. The van der Waals surface area contributed by atoms with Gasteiger partial charge in [-0.05, 0) is 90.9 Å². The summed E-state index contributed by atoms with van der Waals surface area (Å²) in [6.45, 7) is 12.0. The van der Waals surface area contributed by atoms with Gasteiger partial charge in [0.1, 0.15) is 5.82 Å². The Morgan fingerprint density at radius 3 is 2.39 bits per heavy atom. The van der Waals surface area contributed by atoms with Crippen LogP contribution in [0.4, 0.5) is 20.6 Å². The van der Waals surface area contributed by atoms with Crippen LogP contribution in [0.3, 0.4) is 0 Å². The van der Waals surface area contributed by atoms with E-state index in [9.17, 15) is 9.18 Å². The van der Waals surface area contributed by atoms with E-state index in [1.807, 2.05) is 31.2 Å². The summed E-state index contributed by atoms with van der Waals surface area (Å²) in [7, 11) is 0. The van der Waals surface area contributed by atoms with Crippen LogP contribution in [0.1, 0.15) is 55.9 Å². The minimum atomic E-state index is -0.240. The molecule has 0 unspecified atom stereocenters. The van der Waals surface area contributed by atoms with Gasteiger partial charge in [-0.2, -0.15) is 0 Å². The largest absolute Gasteiger partial charge is 0.326 e. The fourth-order valence-corrected chi connectivity index (χ4v) is 5.67. The molecule has 1 spiro atoms. The number of halogens is 1. The van der Waals surface area contributed by atoms with Crippen molar-refractivity contribution in [2.75, 3.05) is 29.9 Å². The molecule has 0 saturated carbocycles. The summed E-state index contributed by atoms with van der Waals surface area (Å²) in [5.74, 6) is -0.240. The van der Waals surface area contributed by atoms with Gasteiger partial charge >= 0.3 is 6.03 Å². The average molecular weight is 486 g/mol. The quantitative estimate of drug-likeness (QED) is 0.433. The van der Waals surface area contributed by atoms with Crippen molar-refractivity contribution < 1.29 is 9.18 Å². The molecular formula is C31H36FN3O. The number of nitrogens with zero attached hydrogens (tertiary/aromatic N) is 2. The number of anilines is 2. The maximum Gasteiger partial charge on any atom is 0.326 e. The van der Waals surface area contributed by atoms with Gasteiger partial charge < -0.3 is 5.32 Å². The van der Waals surface area contributed by atoms with Gasteiger partial charge in [0.2, 0.25) is 0 Å². The number of hydrogen-bond donors (Lipinski definition) is 1. The van der Waals surface area contributed by atoms with E-state index in [1.54, 1.807) is 17.0 Å². The molecule has 2 aliphatic rings. The number of urea groups is 1. The van der Waals surface area contributed by atoms with E-state index in [1.165, 1.54) is 17.2 Å². The van der Waals surface area contributed by atoms with Crippen LogP contribution in [0.25, 0.3) is 0 Å². The highest BCUT2D eigenvalue weighted by molar-refractivity contribution is 6.03. The van der Waals surface area contributed by atoms with Gasteiger partial charge in [-0.3, -0.25) is 9.80 Å². The number of rotatable bonds is 3. The lowest BCUT2D eigenvalue weighted by atomic mass is 9.74. The summed E-state index contributed by atoms with van der Waals surface area (Å²) in [5, 5.41) is 3.04. The van der Waals surface area contributed by atoms with Crippen molar-refractivity contribution in [2.24, 2.45) is 0 Å². The number of amides is 2. The van der Waals surface area contributed by atoms with E-state index in [4.69, 9.17) is 0 Å². The molecule has 0 bridgehead atoms. The van der Waals surface area contributed by atoms with Crippen LogP contribution in [0.15, 0.2) is 66.7 Å². The Labute approximate surface area is 214 Å². The predicted octanol–water partition coefficient (Wildman–Crippen LogP) is 7.02. The minimum absolute atomic E-state index is 0.151. The molecule has 36 heavy (non-hydrogen) atoms. The molecule has 2 heterocycles. The SMILES string of the molecule is Cc1cccc(NC(=O)N2CC3(CCN(Cc4ccc(C(C)(C)C)cc4)CC3)c3cc(F)ccc32)c1. The molecule has 1 N–H and O–H groups in total.